The SMILES string of the molecule is O=[N+]([O-])N1Oc2ccccc2O1. The monoisotopic (exact) mass is 168 g/mol. The van der Waals surface area contributed by atoms with Gasteiger partial charge in [-0.05, 0) is 12.1 Å². The van der Waals surface area contributed by atoms with Gasteiger partial charge in [0.2, 0.25) is 16.5 Å². The molecular weight excluding hydrogens is 164 g/mol. The standard InChI is InChI=1S/C6H4N2O4/c9-7(10)8-11-5-3-1-2-4-6(5)12-8/h1-4H. The first-order chi connectivity index (χ1) is 5.77. The van der Waals surface area contributed by atoms with Gasteiger partial charge in [0.05, 0.1) is 0 Å². The second kappa shape index (κ2) is 2.26. The van der Waals surface area contributed by atoms with Gasteiger partial charge in [0, 0.05) is 0 Å². The molecule has 6 nitrogen and oxygen atoms in total. The van der Waals surface area contributed by atoms with E-state index in [1.807, 2.05) is 0 Å². The molecule has 0 bridgehead atoms. The van der Waals surface area contributed by atoms with Gasteiger partial charge >= 0.3 is 0 Å². The highest BCUT2D eigenvalue weighted by Crippen LogP contribution is 2.32. The van der Waals surface area contributed by atoms with E-state index in [4.69, 9.17) is 0 Å². The Labute approximate surface area is 66.9 Å². The lowest BCUT2D eigenvalue weighted by Gasteiger charge is -1.98. The number of hydrogen-bond acceptors (Lipinski definition) is 4. The molecule has 12 heavy (non-hydrogen) atoms. The summed E-state index contributed by atoms with van der Waals surface area (Å²) in [4.78, 5) is 19.5. The number of para-hydroxylation sites is 2. The molecular formula is C6H4N2O4. The van der Waals surface area contributed by atoms with E-state index in [0.29, 0.717) is 11.5 Å². The molecule has 0 saturated heterocycles. The Morgan fingerprint density at radius 1 is 1.25 bits per heavy atom. The molecule has 0 radical (unpaired) electrons. The first-order valence-electron chi connectivity index (χ1n) is 3.17. The summed E-state index contributed by atoms with van der Waals surface area (Å²) in [6.45, 7) is 0. The normalized spacial score (nSPS) is 13.2. The Kier molecular flexibility index (Phi) is 1.26. The van der Waals surface area contributed by atoms with Gasteiger partial charge in [-0.2, -0.15) is 0 Å². The Bertz CT molecular complexity index is 302. The largest absolute Gasteiger partial charge is 0.291 e. The smallest absolute Gasteiger partial charge is 0.267 e. The van der Waals surface area contributed by atoms with Crippen molar-refractivity contribution in [1.82, 2.24) is 5.34 Å². The van der Waals surface area contributed by atoms with Crippen LogP contribution in [0.2, 0.25) is 0 Å². The van der Waals surface area contributed by atoms with Gasteiger partial charge in [0.15, 0.2) is 0 Å². The van der Waals surface area contributed by atoms with E-state index in [1.54, 1.807) is 24.3 Å². The number of nitrogens with zero attached hydrogens (tertiary/aromatic N) is 2. The van der Waals surface area contributed by atoms with Gasteiger partial charge in [-0.25, -0.2) is 10.1 Å². The van der Waals surface area contributed by atoms with E-state index in [1.165, 1.54) is 0 Å². The van der Waals surface area contributed by atoms with Crippen LogP contribution >= 0.6 is 0 Å². The molecule has 0 N–H and O–H groups in total. The van der Waals surface area contributed by atoms with Gasteiger partial charge in [-0.3, -0.25) is 9.68 Å². The summed E-state index contributed by atoms with van der Waals surface area (Å²) in [5.41, 5.74) is 0. The van der Waals surface area contributed by atoms with Crippen molar-refractivity contribution in [3.63, 3.8) is 0 Å². The molecule has 1 aromatic carbocycles. The van der Waals surface area contributed by atoms with Crippen LogP contribution < -0.4 is 9.68 Å². The molecule has 1 aromatic rings. The van der Waals surface area contributed by atoms with Crippen molar-refractivity contribution >= 4 is 0 Å². The molecule has 0 unspecified atom stereocenters. The van der Waals surface area contributed by atoms with E-state index < -0.39 is 5.03 Å². The highest BCUT2D eigenvalue weighted by atomic mass is 17.1. The number of benzene rings is 1. The van der Waals surface area contributed by atoms with Crippen LogP contribution in [-0.2, 0) is 0 Å². The molecule has 0 aromatic heterocycles. The molecule has 1 heterocycles. The fourth-order valence-electron chi connectivity index (χ4n) is 0.855. The van der Waals surface area contributed by atoms with E-state index in [0.717, 1.165) is 0 Å². The third-order valence-corrected chi connectivity index (χ3v) is 1.34. The Morgan fingerprint density at radius 2 is 1.75 bits per heavy atom. The third-order valence-electron chi connectivity index (χ3n) is 1.34. The van der Waals surface area contributed by atoms with Gasteiger partial charge in [-0.15, -0.1) is 0 Å². The fourth-order valence-corrected chi connectivity index (χ4v) is 0.855. The summed E-state index contributed by atoms with van der Waals surface area (Å²) in [6, 6.07) is 6.56. The molecule has 2 rings (SSSR count). The average molecular weight is 168 g/mol. The van der Waals surface area contributed by atoms with Crippen LogP contribution in [0, 0.1) is 10.1 Å². The van der Waals surface area contributed by atoms with Crippen molar-refractivity contribution in [2.24, 2.45) is 0 Å². The highest BCUT2D eigenvalue weighted by Gasteiger charge is 2.30. The zero-order chi connectivity index (χ0) is 8.55. The number of hydrogen-bond donors (Lipinski definition) is 0. The first-order valence-corrected chi connectivity index (χ1v) is 3.17. The van der Waals surface area contributed by atoms with Crippen LogP contribution in [0.15, 0.2) is 24.3 Å². The fraction of sp³-hybridized carbons (Fsp3) is 0. The first kappa shape index (κ1) is 6.71. The number of hydrazine groups is 1. The second-order valence-electron chi connectivity index (χ2n) is 2.10. The quantitative estimate of drug-likeness (QED) is 0.458. The lowest BCUT2D eigenvalue weighted by molar-refractivity contribution is -0.775. The van der Waals surface area contributed by atoms with Crippen LogP contribution in [-0.4, -0.2) is 10.4 Å². The molecule has 0 amide bonds. The van der Waals surface area contributed by atoms with Gasteiger partial charge in [0.1, 0.15) is 0 Å². The Hall–Kier alpha value is -1.98. The summed E-state index contributed by atoms with van der Waals surface area (Å²) < 4.78 is 0. The molecule has 0 fully saturated rings. The zero-order valence-electron chi connectivity index (χ0n) is 5.84. The van der Waals surface area contributed by atoms with Crippen molar-refractivity contribution in [2.45, 2.75) is 0 Å². The predicted octanol–water partition coefficient (Wildman–Crippen LogP) is 0.781. The summed E-state index contributed by atoms with van der Waals surface area (Å²) >= 11 is 0. The minimum atomic E-state index is -0.792. The highest BCUT2D eigenvalue weighted by molar-refractivity contribution is 5.40. The van der Waals surface area contributed by atoms with Crippen molar-refractivity contribution in [2.75, 3.05) is 0 Å². The van der Waals surface area contributed by atoms with Crippen molar-refractivity contribution in [1.29, 1.82) is 0 Å². The second-order valence-corrected chi connectivity index (χ2v) is 2.10. The number of fused-ring (bicyclic) bond motifs is 1. The molecule has 1 aliphatic rings. The number of rotatable bonds is 1. The maximum absolute atomic E-state index is 10.2. The molecule has 0 atom stereocenters. The van der Waals surface area contributed by atoms with Crippen molar-refractivity contribution < 1.29 is 14.7 Å². The van der Waals surface area contributed by atoms with E-state index in [-0.39, 0.29) is 5.34 Å². The average Bonchev–Trinajstić information content (AvgIpc) is 2.46. The third kappa shape index (κ3) is 0.895. The summed E-state index contributed by atoms with van der Waals surface area (Å²) in [5, 5.41) is 9.57. The molecule has 1 aliphatic heterocycles. The number of nitro groups is 1. The minimum absolute atomic E-state index is 0.213. The van der Waals surface area contributed by atoms with Gasteiger partial charge in [-0.1, -0.05) is 12.1 Å². The molecule has 0 saturated carbocycles. The lowest BCUT2D eigenvalue weighted by atomic mass is 10.3. The lowest BCUT2D eigenvalue weighted by Crippen LogP contribution is -2.31. The Balaban J connectivity index is 2.27. The Morgan fingerprint density at radius 3 is 2.17 bits per heavy atom. The van der Waals surface area contributed by atoms with Crippen LogP contribution in [0.1, 0.15) is 0 Å². The van der Waals surface area contributed by atoms with Gasteiger partial charge < -0.3 is 0 Å². The summed E-state index contributed by atoms with van der Waals surface area (Å²) in [6.07, 6.45) is 0. The predicted molar refractivity (Wildman–Crippen MR) is 36.5 cm³/mol. The molecule has 0 spiro atoms. The zero-order valence-corrected chi connectivity index (χ0v) is 5.84. The van der Waals surface area contributed by atoms with Crippen molar-refractivity contribution in [3.8, 4) is 11.5 Å². The summed E-state index contributed by atoms with van der Waals surface area (Å²) in [5.74, 6) is 0.684. The summed E-state index contributed by atoms with van der Waals surface area (Å²) in [7, 11) is 0. The van der Waals surface area contributed by atoms with E-state index in [2.05, 4.69) is 9.68 Å². The molecule has 62 valence electrons. The molecule has 0 aliphatic carbocycles. The topological polar surface area (TPSA) is 64.8 Å². The maximum atomic E-state index is 10.2. The minimum Gasteiger partial charge on any atom is -0.291 e. The molecule has 6 heteroatoms. The van der Waals surface area contributed by atoms with Crippen LogP contribution in [0.4, 0.5) is 0 Å². The maximum Gasteiger partial charge on any atom is 0.267 e. The van der Waals surface area contributed by atoms with Crippen LogP contribution in [0.5, 0.6) is 11.5 Å². The van der Waals surface area contributed by atoms with Crippen LogP contribution in [0.3, 0.4) is 0 Å². The van der Waals surface area contributed by atoms with Crippen LogP contribution in [0.25, 0.3) is 0 Å². The van der Waals surface area contributed by atoms with E-state index >= 15 is 0 Å². The van der Waals surface area contributed by atoms with E-state index in [9.17, 15) is 10.1 Å². The van der Waals surface area contributed by atoms with Gasteiger partial charge in [0.25, 0.3) is 5.34 Å². The van der Waals surface area contributed by atoms with Crippen molar-refractivity contribution in [3.05, 3.63) is 34.4 Å².